The van der Waals surface area contributed by atoms with E-state index in [-0.39, 0.29) is 44.1 Å². The summed E-state index contributed by atoms with van der Waals surface area (Å²) in [5.74, 6) is -0.0868. The lowest BCUT2D eigenvalue weighted by Gasteiger charge is -2.27. The van der Waals surface area contributed by atoms with Gasteiger partial charge in [0.2, 0.25) is 0 Å². The molecule has 0 aliphatic carbocycles. The van der Waals surface area contributed by atoms with E-state index in [4.69, 9.17) is 10.8 Å². The molecule has 0 aliphatic rings. The lowest BCUT2D eigenvalue weighted by Crippen LogP contribution is -2.33. The fourth-order valence-electron chi connectivity index (χ4n) is 4.85. The highest BCUT2D eigenvalue weighted by Crippen LogP contribution is 2.25. The van der Waals surface area contributed by atoms with Gasteiger partial charge in [-0.2, -0.15) is 0 Å². The van der Waals surface area contributed by atoms with Gasteiger partial charge in [0.1, 0.15) is 0 Å². The summed E-state index contributed by atoms with van der Waals surface area (Å²) in [7, 11) is 0. The van der Waals surface area contributed by atoms with E-state index in [9.17, 15) is 30.6 Å². The van der Waals surface area contributed by atoms with Gasteiger partial charge < -0.3 is 41.5 Å². The summed E-state index contributed by atoms with van der Waals surface area (Å²) < 4.78 is 0. The van der Waals surface area contributed by atoms with Crippen molar-refractivity contribution < 1.29 is 35.7 Å². The van der Waals surface area contributed by atoms with Crippen LogP contribution in [-0.4, -0.2) is 85.5 Å². The van der Waals surface area contributed by atoms with Gasteiger partial charge in [-0.05, 0) is 76.2 Å². The van der Waals surface area contributed by atoms with Crippen molar-refractivity contribution in [3.05, 3.63) is 24.3 Å². The Kier molecular flexibility index (Phi) is 21.4. The molecule has 38 heavy (non-hydrogen) atoms. The number of allylic oxidation sites excluding steroid dienone is 2. The molecule has 226 valence electrons. The van der Waals surface area contributed by atoms with Crippen LogP contribution in [0, 0.1) is 23.7 Å². The molecular weight excluding hydrogens is 486 g/mol. The maximum atomic E-state index is 10.8. The molecule has 10 atom stereocenters. The summed E-state index contributed by atoms with van der Waals surface area (Å²) in [6, 6.07) is 0. The topological polar surface area (TPSA) is 168 Å². The molecule has 0 aromatic heterocycles. The third kappa shape index (κ3) is 17.7. The van der Waals surface area contributed by atoms with E-state index in [0.717, 1.165) is 45.1 Å². The Labute approximate surface area is 231 Å². The van der Waals surface area contributed by atoms with Gasteiger partial charge >= 0.3 is 0 Å². The summed E-state index contributed by atoms with van der Waals surface area (Å²) in [4.78, 5) is 0. The molecule has 8 heteroatoms. The zero-order valence-electron chi connectivity index (χ0n) is 24.3. The summed E-state index contributed by atoms with van der Waals surface area (Å²) >= 11 is 0. The van der Waals surface area contributed by atoms with Crippen LogP contribution in [0.3, 0.4) is 0 Å². The monoisotopic (exact) mass is 545 g/mol. The maximum Gasteiger partial charge on any atom is 0.0771 e. The molecule has 0 saturated heterocycles. The minimum Gasteiger partial charge on any atom is -0.396 e. The number of unbranched alkanes of at least 4 members (excludes halogenated alkanes) is 2. The first-order chi connectivity index (χ1) is 17.9. The van der Waals surface area contributed by atoms with Crippen molar-refractivity contribution in [1.82, 2.24) is 0 Å². The molecule has 0 bridgehead atoms. The van der Waals surface area contributed by atoms with Crippen molar-refractivity contribution in [3.63, 3.8) is 0 Å². The van der Waals surface area contributed by atoms with Crippen molar-refractivity contribution in [2.45, 2.75) is 129 Å². The largest absolute Gasteiger partial charge is 0.396 e. The van der Waals surface area contributed by atoms with E-state index in [2.05, 4.69) is 26.0 Å². The quantitative estimate of drug-likeness (QED) is 0.0716. The Morgan fingerprint density at radius 3 is 1.87 bits per heavy atom. The average molecular weight is 546 g/mol. The second kappa shape index (κ2) is 21.9. The molecule has 0 saturated carbocycles. The van der Waals surface area contributed by atoms with Crippen molar-refractivity contribution in [2.24, 2.45) is 29.4 Å². The highest BCUT2D eigenvalue weighted by molar-refractivity contribution is 4.98. The highest BCUT2D eigenvalue weighted by Gasteiger charge is 2.26. The van der Waals surface area contributed by atoms with Crippen LogP contribution in [0.1, 0.15) is 91.9 Å². The Hall–Kier alpha value is -0.840. The molecular formula is C30H59NO7. The molecule has 10 unspecified atom stereocenters. The third-order valence-corrected chi connectivity index (χ3v) is 7.53. The van der Waals surface area contributed by atoms with Gasteiger partial charge in [-0.1, -0.05) is 58.4 Å². The van der Waals surface area contributed by atoms with Gasteiger partial charge in [0.25, 0.3) is 0 Å². The maximum absolute atomic E-state index is 10.8. The standard InChI is InChI=1S/C30H59NO7/c1-21(11-9-7-5-6-8-10-15-31)17-23(3)30(38)22(2)12-13-28(36)24(4)29(37)20-27(35)19-26(34)18-25(33)14-16-32/h5-6,12-13,21-30,32-38H,7-11,14-20,31H2,1-4H3/b6-5+,13-12+. The Morgan fingerprint density at radius 1 is 0.684 bits per heavy atom. The first-order valence-electron chi connectivity index (χ1n) is 14.6. The van der Waals surface area contributed by atoms with Gasteiger partial charge in [-0.25, -0.2) is 0 Å². The summed E-state index contributed by atoms with van der Waals surface area (Å²) in [5.41, 5.74) is 5.50. The molecule has 9 N–H and O–H groups in total. The lowest BCUT2D eigenvalue weighted by molar-refractivity contribution is -0.0121. The fraction of sp³-hybridized carbons (Fsp3) is 0.867. The van der Waals surface area contributed by atoms with E-state index >= 15 is 0 Å². The lowest BCUT2D eigenvalue weighted by atomic mass is 9.84. The van der Waals surface area contributed by atoms with Crippen LogP contribution in [0.15, 0.2) is 24.3 Å². The van der Waals surface area contributed by atoms with Crippen LogP contribution in [0.5, 0.6) is 0 Å². The molecule has 0 heterocycles. The van der Waals surface area contributed by atoms with Crippen LogP contribution in [0.2, 0.25) is 0 Å². The minimum atomic E-state index is -0.991. The average Bonchev–Trinajstić information content (AvgIpc) is 2.85. The van der Waals surface area contributed by atoms with Gasteiger partial charge in [0.05, 0.1) is 36.6 Å². The smallest absolute Gasteiger partial charge is 0.0771 e. The predicted octanol–water partition coefficient (Wildman–Crippen LogP) is 2.66. The second-order valence-electron chi connectivity index (χ2n) is 11.5. The number of hydrogen-bond donors (Lipinski definition) is 8. The summed E-state index contributed by atoms with van der Waals surface area (Å²) in [5, 5.41) is 70.5. The molecule has 0 spiro atoms. The molecule has 0 aromatic carbocycles. The van der Waals surface area contributed by atoms with Crippen molar-refractivity contribution in [2.75, 3.05) is 13.2 Å². The Morgan fingerprint density at radius 2 is 1.26 bits per heavy atom. The van der Waals surface area contributed by atoms with E-state index in [1.54, 1.807) is 19.1 Å². The number of rotatable bonds is 23. The van der Waals surface area contributed by atoms with Crippen LogP contribution in [0.4, 0.5) is 0 Å². The number of nitrogens with two attached hydrogens (primary N) is 1. The predicted molar refractivity (Wildman–Crippen MR) is 153 cm³/mol. The third-order valence-electron chi connectivity index (χ3n) is 7.53. The molecule has 0 fully saturated rings. The van der Waals surface area contributed by atoms with Crippen molar-refractivity contribution in [1.29, 1.82) is 0 Å². The molecule has 0 aromatic rings. The molecule has 0 radical (unpaired) electrons. The second-order valence-corrected chi connectivity index (χ2v) is 11.5. The van der Waals surface area contributed by atoms with E-state index in [1.165, 1.54) is 0 Å². The number of aliphatic hydroxyl groups excluding tert-OH is 7. The van der Waals surface area contributed by atoms with Gasteiger partial charge in [0, 0.05) is 18.4 Å². The summed E-state index contributed by atoms with van der Waals surface area (Å²) in [6.45, 7) is 8.43. The van der Waals surface area contributed by atoms with Crippen molar-refractivity contribution >= 4 is 0 Å². The Balaban J connectivity index is 4.48. The highest BCUT2D eigenvalue weighted by atomic mass is 16.3. The summed E-state index contributed by atoms with van der Waals surface area (Å²) in [6.07, 6.45) is 9.02. The van der Waals surface area contributed by atoms with E-state index < -0.39 is 42.5 Å². The SMILES string of the molecule is CC(CCC/C=C/CCCN)CC(C)C(O)C(C)/C=C/C(O)C(C)C(O)CC(O)CC(O)CC(O)CCO. The van der Waals surface area contributed by atoms with Gasteiger partial charge in [0.15, 0.2) is 0 Å². The van der Waals surface area contributed by atoms with Crippen LogP contribution in [0.25, 0.3) is 0 Å². The zero-order chi connectivity index (χ0) is 29.1. The van der Waals surface area contributed by atoms with Gasteiger partial charge in [-0.15, -0.1) is 0 Å². The minimum absolute atomic E-state index is 0.0107. The Bertz CT molecular complexity index is 617. The van der Waals surface area contributed by atoms with Crippen molar-refractivity contribution in [3.8, 4) is 0 Å². The van der Waals surface area contributed by atoms with Gasteiger partial charge in [-0.3, -0.25) is 0 Å². The first-order valence-corrected chi connectivity index (χ1v) is 14.6. The fourth-order valence-corrected chi connectivity index (χ4v) is 4.85. The van der Waals surface area contributed by atoms with E-state index in [1.807, 2.05) is 6.92 Å². The van der Waals surface area contributed by atoms with E-state index in [0.29, 0.717) is 5.92 Å². The molecule has 0 aliphatic heterocycles. The zero-order valence-corrected chi connectivity index (χ0v) is 24.3. The first kappa shape index (κ1) is 37.2. The number of aliphatic hydroxyl groups is 7. The van der Waals surface area contributed by atoms with Crippen LogP contribution in [-0.2, 0) is 0 Å². The normalized spacial score (nSPS) is 20.6. The molecule has 8 nitrogen and oxygen atoms in total. The van der Waals surface area contributed by atoms with Crippen LogP contribution >= 0.6 is 0 Å². The molecule has 0 rings (SSSR count). The molecule has 0 amide bonds. The number of hydrogen-bond acceptors (Lipinski definition) is 8. The van der Waals surface area contributed by atoms with Crippen LogP contribution < -0.4 is 5.73 Å².